The summed E-state index contributed by atoms with van der Waals surface area (Å²) >= 11 is 0. The predicted octanol–water partition coefficient (Wildman–Crippen LogP) is 2.00. The number of rotatable bonds is 2. The van der Waals surface area contributed by atoms with Gasteiger partial charge < -0.3 is 15.0 Å². The van der Waals surface area contributed by atoms with Gasteiger partial charge in [-0.15, -0.1) is 0 Å². The van der Waals surface area contributed by atoms with Crippen LogP contribution in [-0.2, 0) is 0 Å². The Morgan fingerprint density at radius 3 is 3.00 bits per heavy atom. The van der Waals surface area contributed by atoms with Crippen molar-refractivity contribution in [3.8, 4) is 5.75 Å². The molecule has 1 aliphatic heterocycles. The SMILES string of the molecule is C[C@@H](N)c1nc(C2CCOc3ccccc32)no1. The van der Waals surface area contributed by atoms with Crippen molar-refractivity contribution in [1.29, 1.82) is 0 Å². The van der Waals surface area contributed by atoms with Gasteiger partial charge in [-0.25, -0.2) is 0 Å². The van der Waals surface area contributed by atoms with E-state index in [9.17, 15) is 0 Å². The van der Waals surface area contributed by atoms with Gasteiger partial charge in [-0.1, -0.05) is 23.4 Å². The molecule has 5 nitrogen and oxygen atoms in total. The molecule has 0 spiro atoms. The quantitative estimate of drug-likeness (QED) is 0.876. The molecule has 2 heterocycles. The van der Waals surface area contributed by atoms with Crippen LogP contribution < -0.4 is 10.5 Å². The van der Waals surface area contributed by atoms with Crippen LogP contribution in [-0.4, -0.2) is 16.7 Å². The molecule has 5 heteroatoms. The number of hydrogen-bond donors (Lipinski definition) is 1. The molecule has 2 atom stereocenters. The van der Waals surface area contributed by atoms with Crippen LogP contribution in [0.4, 0.5) is 0 Å². The van der Waals surface area contributed by atoms with Crippen LogP contribution in [0.2, 0.25) is 0 Å². The molecule has 1 aliphatic rings. The average Bonchev–Trinajstić information content (AvgIpc) is 2.87. The number of benzene rings is 1. The first-order chi connectivity index (χ1) is 8.75. The summed E-state index contributed by atoms with van der Waals surface area (Å²) in [6, 6.07) is 7.73. The molecule has 1 aromatic carbocycles. The van der Waals surface area contributed by atoms with Crippen LogP contribution in [0.15, 0.2) is 28.8 Å². The van der Waals surface area contributed by atoms with Crippen molar-refractivity contribution in [2.45, 2.75) is 25.3 Å². The summed E-state index contributed by atoms with van der Waals surface area (Å²) < 4.78 is 10.8. The highest BCUT2D eigenvalue weighted by atomic mass is 16.5. The summed E-state index contributed by atoms with van der Waals surface area (Å²) in [4.78, 5) is 4.37. The molecule has 18 heavy (non-hydrogen) atoms. The third-order valence-electron chi connectivity index (χ3n) is 3.12. The molecule has 2 N–H and O–H groups in total. The Hall–Kier alpha value is -1.88. The smallest absolute Gasteiger partial charge is 0.243 e. The average molecular weight is 245 g/mol. The van der Waals surface area contributed by atoms with Gasteiger partial charge in [0.15, 0.2) is 5.82 Å². The summed E-state index contributed by atoms with van der Waals surface area (Å²) in [5.74, 6) is 2.21. The molecular formula is C13H15N3O2. The van der Waals surface area contributed by atoms with E-state index >= 15 is 0 Å². The first-order valence-corrected chi connectivity index (χ1v) is 6.06. The van der Waals surface area contributed by atoms with Crippen LogP contribution in [0.3, 0.4) is 0 Å². The molecule has 3 rings (SSSR count). The maximum atomic E-state index is 5.73. The van der Waals surface area contributed by atoms with Gasteiger partial charge in [-0.2, -0.15) is 4.98 Å². The fourth-order valence-electron chi connectivity index (χ4n) is 2.18. The van der Waals surface area contributed by atoms with E-state index in [2.05, 4.69) is 10.1 Å². The van der Waals surface area contributed by atoms with Crippen molar-refractivity contribution in [1.82, 2.24) is 10.1 Å². The Labute approximate surface area is 105 Å². The Kier molecular flexibility index (Phi) is 2.76. The largest absolute Gasteiger partial charge is 0.493 e. The van der Waals surface area contributed by atoms with Gasteiger partial charge in [-0.05, 0) is 19.4 Å². The Balaban J connectivity index is 1.97. The first-order valence-electron chi connectivity index (χ1n) is 6.06. The second-order valence-electron chi connectivity index (χ2n) is 4.51. The van der Waals surface area contributed by atoms with Crippen molar-refractivity contribution in [3.63, 3.8) is 0 Å². The van der Waals surface area contributed by atoms with Crippen molar-refractivity contribution in [3.05, 3.63) is 41.5 Å². The summed E-state index contributed by atoms with van der Waals surface area (Å²) in [7, 11) is 0. The van der Waals surface area contributed by atoms with E-state index < -0.39 is 0 Å². The number of nitrogens with zero attached hydrogens (tertiary/aromatic N) is 2. The molecule has 1 unspecified atom stereocenters. The van der Waals surface area contributed by atoms with E-state index in [4.69, 9.17) is 15.0 Å². The lowest BCUT2D eigenvalue weighted by atomic mass is 9.92. The van der Waals surface area contributed by atoms with E-state index in [-0.39, 0.29) is 12.0 Å². The highest BCUT2D eigenvalue weighted by molar-refractivity contribution is 5.40. The van der Waals surface area contributed by atoms with Crippen molar-refractivity contribution in [2.24, 2.45) is 5.73 Å². The number of ether oxygens (including phenoxy) is 1. The highest BCUT2D eigenvalue weighted by Gasteiger charge is 2.27. The monoisotopic (exact) mass is 245 g/mol. The first kappa shape index (κ1) is 11.2. The second-order valence-corrected chi connectivity index (χ2v) is 4.51. The van der Waals surface area contributed by atoms with Gasteiger partial charge in [0.05, 0.1) is 18.6 Å². The zero-order chi connectivity index (χ0) is 12.5. The van der Waals surface area contributed by atoms with Crippen LogP contribution in [0.1, 0.15) is 42.6 Å². The van der Waals surface area contributed by atoms with E-state index in [0.717, 1.165) is 17.7 Å². The molecule has 0 saturated heterocycles. The predicted molar refractivity (Wildman–Crippen MR) is 65.3 cm³/mol. The summed E-state index contributed by atoms with van der Waals surface area (Å²) in [5, 5.41) is 4.04. The van der Waals surface area contributed by atoms with Crippen molar-refractivity contribution < 1.29 is 9.26 Å². The van der Waals surface area contributed by atoms with E-state index in [1.165, 1.54) is 0 Å². The van der Waals surface area contributed by atoms with Gasteiger partial charge in [0.1, 0.15) is 5.75 Å². The molecule has 0 radical (unpaired) electrons. The summed E-state index contributed by atoms with van der Waals surface area (Å²) in [6.07, 6.45) is 0.856. The molecule has 0 bridgehead atoms. The molecule has 2 aromatic rings. The topological polar surface area (TPSA) is 74.2 Å². The second kappa shape index (κ2) is 4.42. The highest BCUT2D eigenvalue weighted by Crippen LogP contribution is 2.36. The molecule has 0 amide bonds. The van der Waals surface area contributed by atoms with Gasteiger partial charge in [0.25, 0.3) is 0 Å². The minimum Gasteiger partial charge on any atom is -0.493 e. The van der Waals surface area contributed by atoms with Crippen molar-refractivity contribution >= 4 is 0 Å². The standard InChI is InChI=1S/C13H15N3O2/c1-8(14)13-15-12(16-18-13)10-6-7-17-11-5-3-2-4-9(10)11/h2-5,8,10H,6-7,14H2,1H3/t8-,10?/m1/s1. The van der Waals surface area contributed by atoms with Gasteiger partial charge >= 0.3 is 0 Å². The zero-order valence-corrected chi connectivity index (χ0v) is 10.2. The van der Waals surface area contributed by atoms with E-state index in [1.54, 1.807) is 0 Å². The van der Waals surface area contributed by atoms with E-state index in [0.29, 0.717) is 18.3 Å². The summed E-state index contributed by atoms with van der Waals surface area (Å²) in [5.41, 5.74) is 6.84. The number of aromatic nitrogens is 2. The molecule has 1 aromatic heterocycles. The molecule has 0 aliphatic carbocycles. The molecule has 0 fully saturated rings. The van der Waals surface area contributed by atoms with Crippen LogP contribution in [0.25, 0.3) is 0 Å². The fraction of sp³-hybridized carbons (Fsp3) is 0.385. The fourth-order valence-corrected chi connectivity index (χ4v) is 2.18. The van der Waals surface area contributed by atoms with Gasteiger partial charge in [-0.3, -0.25) is 0 Å². The third-order valence-corrected chi connectivity index (χ3v) is 3.12. The molecule has 0 saturated carbocycles. The minimum atomic E-state index is -0.235. The van der Waals surface area contributed by atoms with E-state index in [1.807, 2.05) is 31.2 Å². The minimum absolute atomic E-state index is 0.131. The number of hydrogen-bond acceptors (Lipinski definition) is 5. The lowest BCUT2D eigenvalue weighted by Gasteiger charge is -2.23. The van der Waals surface area contributed by atoms with Gasteiger partial charge in [0.2, 0.25) is 5.89 Å². The Morgan fingerprint density at radius 2 is 2.22 bits per heavy atom. The third kappa shape index (κ3) is 1.86. The van der Waals surface area contributed by atoms with Crippen LogP contribution in [0.5, 0.6) is 5.75 Å². The Morgan fingerprint density at radius 1 is 1.39 bits per heavy atom. The van der Waals surface area contributed by atoms with Crippen LogP contribution in [0, 0.1) is 0 Å². The number of fused-ring (bicyclic) bond motifs is 1. The zero-order valence-electron chi connectivity index (χ0n) is 10.2. The van der Waals surface area contributed by atoms with Crippen molar-refractivity contribution in [2.75, 3.05) is 6.61 Å². The van der Waals surface area contributed by atoms with Crippen LogP contribution >= 0.6 is 0 Å². The maximum Gasteiger partial charge on any atom is 0.243 e. The number of para-hydroxylation sites is 1. The lowest BCUT2D eigenvalue weighted by molar-refractivity contribution is 0.272. The molecular weight excluding hydrogens is 230 g/mol. The normalized spacial score (nSPS) is 20.0. The lowest BCUT2D eigenvalue weighted by Crippen LogP contribution is -2.16. The summed E-state index contributed by atoms with van der Waals surface area (Å²) in [6.45, 7) is 2.50. The maximum absolute atomic E-state index is 5.73. The molecule has 94 valence electrons. The number of nitrogens with two attached hydrogens (primary N) is 1. The van der Waals surface area contributed by atoms with Gasteiger partial charge in [0, 0.05) is 5.56 Å². The Bertz CT molecular complexity index is 551.